The lowest BCUT2D eigenvalue weighted by Gasteiger charge is -2.38. The van der Waals surface area contributed by atoms with E-state index >= 15 is 0 Å². The summed E-state index contributed by atoms with van der Waals surface area (Å²) in [4.78, 5) is 0. The number of ether oxygens (including phenoxy) is 1. The maximum Gasteiger partial charge on any atom is 0.169 e. The molecule has 0 radical (unpaired) electrons. The van der Waals surface area contributed by atoms with Crippen LogP contribution in [-0.4, -0.2) is 7.11 Å². The molecule has 1 aromatic rings. The molecule has 1 aromatic carbocycles. The van der Waals surface area contributed by atoms with E-state index in [0.717, 1.165) is 25.7 Å². The van der Waals surface area contributed by atoms with Crippen molar-refractivity contribution in [2.75, 3.05) is 7.11 Å². The molecule has 0 heterocycles. The van der Waals surface area contributed by atoms with Crippen LogP contribution < -0.4 is 16.0 Å². The SMILES string of the molecule is COc1cccc(C(NN)C2CCC(C)(C)CC2)c1F. The van der Waals surface area contributed by atoms with Crippen molar-refractivity contribution in [3.05, 3.63) is 29.6 Å². The van der Waals surface area contributed by atoms with E-state index in [1.165, 1.54) is 7.11 Å². The van der Waals surface area contributed by atoms with Crippen LogP contribution in [0.1, 0.15) is 51.1 Å². The molecule has 0 bridgehead atoms. The van der Waals surface area contributed by atoms with E-state index in [2.05, 4.69) is 19.3 Å². The number of methoxy groups -OCH3 is 1. The molecule has 112 valence electrons. The van der Waals surface area contributed by atoms with Gasteiger partial charge in [0.1, 0.15) is 0 Å². The van der Waals surface area contributed by atoms with Gasteiger partial charge >= 0.3 is 0 Å². The van der Waals surface area contributed by atoms with Crippen molar-refractivity contribution in [1.82, 2.24) is 5.43 Å². The van der Waals surface area contributed by atoms with Crippen molar-refractivity contribution in [2.24, 2.45) is 17.2 Å². The maximum atomic E-state index is 14.4. The highest BCUT2D eigenvalue weighted by Crippen LogP contribution is 2.43. The van der Waals surface area contributed by atoms with Crippen LogP contribution in [0.4, 0.5) is 4.39 Å². The summed E-state index contributed by atoms with van der Waals surface area (Å²) in [6.45, 7) is 4.58. The lowest BCUT2D eigenvalue weighted by molar-refractivity contribution is 0.160. The number of rotatable bonds is 4. The molecule has 0 saturated heterocycles. The minimum absolute atomic E-state index is 0.152. The molecule has 1 unspecified atom stereocenters. The van der Waals surface area contributed by atoms with E-state index in [0.29, 0.717) is 16.9 Å². The fraction of sp³-hybridized carbons (Fsp3) is 0.625. The monoisotopic (exact) mass is 280 g/mol. The second kappa shape index (κ2) is 6.10. The first-order valence-corrected chi connectivity index (χ1v) is 7.27. The molecule has 0 spiro atoms. The summed E-state index contributed by atoms with van der Waals surface area (Å²) < 4.78 is 19.5. The van der Waals surface area contributed by atoms with E-state index < -0.39 is 0 Å². The van der Waals surface area contributed by atoms with Crippen LogP contribution in [-0.2, 0) is 0 Å². The molecule has 1 fully saturated rings. The van der Waals surface area contributed by atoms with Crippen molar-refractivity contribution in [1.29, 1.82) is 0 Å². The molecular weight excluding hydrogens is 255 g/mol. The molecule has 0 aromatic heterocycles. The third kappa shape index (κ3) is 3.13. The third-order valence-electron chi connectivity index (χ3n) is 4.58. The molecule has 1 atom stereocenters. The van der Waals surface area contributed by atoms with Crippen molar-refractivity contribution in [2.45, 2.75) is 45.6 Å². The van der Waals surface area contributed by atoms with E-state index in [9.17, 15) is 4.39 Å². The average molecular weight is 280 g/mol. The lowest BCUT2D eigenvalue weighted by atomic mass is 9.70. The van der Waals surface area contributed by atoms with Crippen LogP contribution in [0.5, 0.6) is 5.75 Å². The highest BCUT2D eigenvalue weighted by molar-refractivity contribution is 5.33. The highest BCUT2D eigenvalue weighted by atomic mass is 19.1. The summed E-state index contributed by atoms with van der Waals surface area (Å²) in [6, 6.07) is 5.09. The van der Waals surface area contributed by atoms with Gasteiger partial charge in [0.15, 0.2) is 11.6 Å². The zero-order valence-corrected chi connectivity index (χ0v) is 12.6. The van der Waals surface area contributed by atoms with E-state index in [4.69, 9.17) is 10.6 Å². The minimum atomic E-state index is -0.303. The zero-order chi connectivity index (χ0) is 14.8. The lowest BCUT2D eigenvalue weighted by Crippen LogP contribution is -2.37. The molecule has 1 aliphatic carbocycles. The van der Waals surface area contributed by atoms with Crippen LogP contribution in [0.3, 0.4) is 0 Å². The Morgan fingerprint density at radius 3 is 2.55 bits per heavy atom. The van der Waals surface area contributed by atoms with Gasteiger partial charge in [-0.2, -0.15) is 0 Å². The van der Waals surface area contributed by atoms with Gasteiger partial charge in [-0.05, 0) is 43.1 Å². The van der Waals surface area contributed by atoms with Gasteiger partial charge in [0.25, 0.3) is 0 Å². The Morgan fingerprint density at radius 2 is 2.00 bits per heavy atom. The smallest absolute Gasteiger partial charge is 0.169 e. The molecule has 3 N–H and O–H groups in total. The van der Waals surface area contributed by atoms with Crippen molar-refractivity contribution < 1.29 is 9.13 Å². The molecule has 20 heavy (non-hydrogen) atoms. The summed E-state index contributed by atoms with van der Waals surface area (Å²) >= 11 is 0. The maximum absolute atomic E-state index is 14.4. The third-order valence-corrected chi connectivity index (χ3v) is 4.58. The fourth-order valence-electron chi connectivity index (χ4n) is 3.16. The van der Waals surface area contributed by atoms with Gasteiger partial charge in [-0.25, -0.2) is 4.39 Å². The molecule has 1 aliphatic rings. The van der Waals surface area contributed by atoms with Crippen molar-refractivity contribution in [3.63, 3.8) is 0 Å². The van der Waals surface area contributed by atoms with Gasteiger partial charge in [0.05, 0.1) is 13.2 Å². The first-order chi connectivity index (χ1) is 9.48. The first-order valence-electron chi connectivity index (χ1n) is 7.27. The van der Waals surface area contributed by atoms with Crippen LogP contribution in [0, 0.1) is 17.2 Å². The number of hydrogen-bond acceptors (Lipinski definition) is 3. The van der Waals surface area contributed by atoms with Gasteiger partial charge < -0.3 is 4.74 Å². The number of hydrazine groups is 1. The van der Waals surface area contributed by atoms with E-state index in [-0.39, 0.29) is 17.6 Å². The number of halogens is 1. The zero-order valence-electron chi connectivity index (χ0n) is 12.6. The first kappa shape index (κ1) is 15.3. The van der Waals surface area contributed by atoms with Crippen LogP contribution in [0.15, 0.2) is 18.2 Å². The van der Waals surface area contributed by atoms with Crippen LogP contribution >= 0.6 is 0 Å². The molecule has 2 rings (SSSR count). The Labute approximate surface area is 120 Å². The van der Waals surface area contributed by atoms with Gasteiger partial charge in [0, 0.05) is 5.56 Å². The Morgan fingerprint density at radius 1 is 1.35 bits per heavy atom. The Hall–Kier alpha value is -1.13. The molecule has 3 nitrogen and oxygen atoms in total. The van der Waals surface area contributed by atoms with Crippen molar-refractivity contribution >= 4 is 0 Å². The number of hydrogen-bond donors (Lipinski definition) is 2. The molecule has 0 aliphatic heterocycles. The van der Waals surface area contributed by atoms with E-state index in [1.807, 2.05) is 6.07 Å². The molecular formula is C16H25FN2O. The van der Waals surface area contributed by atoms with Crippen LogP contribution in [0.2, 0.25) is 0 Å². The van der Waals surface area contributed by atoms with Crippen LogP contribution in [0.25, 0.3) is 0 Å². The fourth-order valence-corrected chi connectivity index (χ4v) is 3.16. The standard InChI is InChI=1S/C16H25FN2O/c1-16(2)9-7-11(8-10-16)15(19-18)12-5-4-6-13(20-3)14(12)17/h4-6,11,15,19H,7-10,18H2,1-3H3. The Balaban J connectivity index is 2.21. The van der Waals surface area contributed by atoms with Gasteiger partial charge in [-0.15, -0.1) is 0 Å². The Kier molecular flexibility index (Phi) is 4.66. The second-order valence-corrected chi connectivity index (χ2v) is 6.51. The molecule has 1 saturated carbocycles. The predicted molar refractivity (Wildman–Crippen MR) is 78.8 cm³/mol. The highest BCUT2D eigenvalue weighted by Gasteiger charge is 2.33. The minimum Gasteiger partial charge on any atom is -0.494 e. The molecule has 0 amide bonds. The summed E-state index contributed by atoms with van der Waals surface area (Å²) in [5.74, 6) is 6.05. The second-order valence-electron chi connectivity index (χ2n) is 6.51. The summed E-state index contributed by atoms with van der Waals surface area (Å²) in [7, 11) is 1.48. The normalized spacial score (nSPS) is 20.6. The summed E-state index contributed by atoms with van der Waals surface area (Å²) in [5, 5.41) is 0. The Bertz CT molecular complexity index is 452. The quantitative estimate of drug-likeness (QED) is 0.655. The van der Waals surface area contributed by atoms with Crippen molar-refractivity contribution in [3.8, 4) is 5.75 Å². The topological polar surface area (TPSA) is 47.3 Å². The van der Waals surface area contributed by atoms with Gasteiger partial charge in [0.2, 0.25) is 0 Å². The summed E-state index contributed by atoms with van der Waals surface area (Å²) in [6.07, 6.45) is 4.44. The van der Waals surface area contributed by atoms with E-state index in [1.54, 1.807) is 12.1 Å². The number of benzene rings is 1. The molecule has 4 heteroatoms. The number of nitrogens with two attached hydrogens (primary N) is 1. The predicted octanol–water partition coefficient (Wildman–Crippen LogP) is 3.56. The van der Waals surface area contributed by atoms with Gasteiger partial charge in [-0.3, -0.25) is 11.3 Å². The van der Waals surface area contributed by atoms with Gasteiger partial charge in [-0.1, -0.05) is 26.0 Å². The summed E-state index contributed by atoms with van der Waals surface area (Å²) in [5.41, 5.74) is 3.81. The largest absolute Gasteiger partial charge is 0.494 e. The number of nitrogens with one attached hydrogen (secondary N) is 1. The average Bonchev–Trinajstić information content (AvgIpc) is 2.43.